The Balaban J connectivity index is 0.692. The van der Waals surface area contributed by atoms with Crippen LogP contribution in [0.15, 0.2) is 285 Å². The van der Waals surface area contributed by atoms with Crippen LogP contribution in [0.25, 0.3) is 172 Å². The molecule has 0 N–H and O–H groups in total. The van der Waals surface area contributed by atoms with Crippen molar-refractivity contribution in [3.63, 3.8) is 0 Å². The van der Waals surface area contributed by atoms with Gasteiger partial charge in [0.15, 0.2) is 0 Å². The molecule has 5 heteroatoms. The van der Waals surface area contributed by atoms with Crippen LogP contribution >= 0.6 is 0 Å². The van der Waals surface area contributed by atoms with E-state index in [0.29, 0.717) is 5.95 Å². The van der Waals surface area contributed by atoms with Gasteiger partial charge in [0.1, 0.15) is 5.82 Å². The third-order valence-electron chi connectivity index (χ3n) is 26.7. The average molecular weight is 1380 g/mol. The van der Waals surface area contributed by atoms with Gasteiger partial charge < -0.3 is 4.57 Å². The first-order valence-electron chi connectivity index (χ1n) is 38.4. The van der Waals surface area contributed by atoms with E-state index >= 15 is 0 Å². The van der Waals surface area contributed by atoms with Crippen LogP contribution in [-0.2, 0) is 27.1 Å². The molecule has 0 unspecified atom stereocenters. The van der Waals surface area contributed by atoms with Crippen LogP contribution in [0.2, 0.25) is 0 Å². The van der Waals surface area contributed by atoms with Crippen LogP contribution in [0.5, 0.6) is 0 Å². The molecule has 0 aliphatic heterocycles. The van der Waals surface area contributed by atoms with E-state index in [0.717, 1.165) is 49.9 Å². The summed E-state index contributed by atoms with van der Waals surface area (Å²) >= 11 is 0. The summed E-state index contributed by atoms with van der Waals surface area (Å²) in [5.74, 6) is 1.42. The van der Waals surface area contributed by atoms with Gasteiger partial charge in [0.2, 0.25) is 5.95 Å². The van der Waals surface area contributed by atoms with Gasteiger partial charge in [0, 0.05) is 76.7 Å². The highest BCUT2D eigenvalue weighted by atomic mass is 15.2. The van der Waals surface area contributed by atoms with Crippen LogP contribution in [0.4, 0.5) is 0 Å². The first kappa shape index (κ1) is 61.8. The monoisotopic (exact) mass is 1380 g/mol. The van der Waals surface area contributed by atoms with Gasteiger partial charge in [-0.05, 0) is 231 Å². The molecule has 514 valence electrons. The first-order valence-corrected chi connectivity index (χ1v) is 38.4. The Morgan fingerprint density at radius 1 is 0.213 bits per heavy atom. The van der Waals surface area contributed by atoms with Crippen molar-refractivity contribution < 1.29 is 0 Å². The lowest BCUT2D eigenvalue weighted by molar-refractivity contribution is 0.629. The standard InChI is InChI=1S/C103H77N5/c1-99(2)78-29-17-11-23-66(78)72-47-58(35-41-81(72)99)61-38-44-92-75(50-61)69-26-14-20-32-89(69)106(92)65-55-86-97-87(56-65)103(9,10)85-54-64(53-84(96(85)97)102(86,7)8)88-57-95(107-90-33-21-15-27-70(90)76-51-62(39-45-93(76)107)59-36-42-82-73(48-59)67-24-12-18-30-79(67)100(82,3)4)105-98(104-88)108-91-34-22-16-28-71(91)77-52-63(40-46-94(77)108)60-37-43-83-74(49-60)68-25-13-19-31-80(68)101(83,5)6/h11-57H,1-10H3. The van der Waals surface area contributed by atoms with E-state index in [4.69, 9.17) is 9.97 Å². The van der Waals surface area contributed by atoms with Crippen molar-refractivity contribution >= 4 is 65.4 Å². The van der Waals surface area contributed by atoms with Gasteiger partial charge in [-0.1, -0.05) is 251 Å². The van der Waals surface area contributed by atoms with E-state index in [1.807, 2.05) is 0 Å². The fourth-order valence-corrected chi connectivity index (χ4v) is 21.0. The SMILES string of the molecule is CC1(C)c2ccccc2-c2cc(-c3ccc4c(c3)c3ccccc3n4-c3cc4c5c(c3)C(C)(C)c3cc(-c6cc(-n7c8ccccc8c8cc(-c9ccc%10c(c9)-c9ccccc9C%10(C)C)ccc87)nc(-n7c8ccccc8c8cc(-c9ccc%10c(c9)-c9ccccc9C%10(C)C)ccc87)n6)cc(c3-5)C4(C)C)ccc21. The van der Waals surface area contributed by atoms with Gasteiger partial charge >= 0.3 is 0 Å². The maximum Gasteiger partial charge on any atom is 0.237 e. The van der Waals surface area contributed by atoms with Crippen LogP contribution in [-0.4, -0.2) is 23.7 Å². The molecule has 5 nitrogen and oxygen atoms in total. The minimum atomic E-state index is -0.367. The number of rotatable bonds is 7. The molecule has 4 heterocycles. The minimum Gasteiger partial charge on any atom is -0.309 e. The summed E-state index contributed by atoms with van der Waals surface area (Å²) < 4.78 is 7.27. The number of para-hydroxylation sites is 3. The topological polar surface area (TPSA) is 40.6 Å². The fourth-order valence-electron chi connectivity index (χ4n) is 21.0. The minimum absolute atomic E-state index is 0.0460. The first-order chi connectivity index (χ1) is 52.3. The van der Waals surface area contributed by atoms with Crippen molar-refractivity contribution in [2.75, 3.05) is 0 Å². The Kier molecular flexibility index (Phi) is 12.0. The number of hydrogen-bond donors (Lipinski definition) is 0. The summed E-state index contributed by atoms with van der Waals surface area (Å²) in [4.78, 5) is 11.8. The van der Waals surface area contributed by atoms with Crippen molar-refractivity contribution in [3.05, 3.63) is 341 Å². The summed E-state index contributed by atoms with van der Waals surface area (Å²) in [6.07, 6.45) is 0. The predicted molar refractivity (Wildman–Crippen MR) is 449 cm³/mol. The molecule has 0 saturated carbocycles. The van der Waals surface area contributed by atoms with E-state index < -0.39 is 0 Å². The summed E-state index contributed by atoms with van der Waals surface area (Å²) in [5, 5.41) is 7.16. The quantitative estimate of drug-likeness (QED) is 0.160. The maximum atomic E-state index is 5.92. The van der Waals surface area contributed by atoms with Crippen molar-refractivity contribution in [1.29, 1.82) is 0 Å². The summed E-state index contributed by atoms with van der Waals surface area (Å²) in [6.45, 7) is 23.9. The van der Waals surface area contributed by atoms with E-state index in [1.165, 1.54) is 172 Å². The van der Waals surface area contributed by atoms with Crippen molar-refractivity contribution in [2.45, 2.75) is 96.3 Å². The lowest BCUT2D eigenvalue weighted by Crippen LogP contribution is -2.22. The van der Waals surface area contributed by atoms with E-state index in [-0.39, 0.29) is 27.1 Å². The third kappa shape index (κ3) is 8.05. The third-order valence-corrected chi connectivity index (χ3v) is 26.7. The Morgan fingerprint density at radius 3 is 0.944 bits per heavy atom. The second-order valence-electron chi connectivity index (χ2n) is 34.1. The molecule has 4 aromatic heterocycles. The van der Waals surface area contributed by atoms with Crippen molar-refractivity contribution in [1.82, 2.24) is 23.7 Å². The van der Waals surface area contributed by atoms with E-state index in [1.54, 1.807) is 0 Å². The lowest BCUT2D eigenvalue weighted by Gasteiger charge is -2.30. The highest BCUT2D eigenvalue weighted by molar-refractivity contribution is 6.14. The Hall–Kier alpha value is -12.4. The van der Waals surface area contributed by atoms with Gasteiger partial charge in [-0.2, -0.15) is 4.98 Å². The summed E-state index contributed by atoms with van der Waals surface area (Å²) in [7, 11) is 0. The Bertz CT molecular complexity index is 6850. The Morgan fingerprint density at radius 2 is 0.519 bits per heavy atom. The number of hydrogen-bond acceptors (Lipinski definition) is 2. The van der Waals surface area contributed by atoms with Crippen LogP contribution in [0.3, 0.4) is 0 Å². The molecule has 0 saturated heterocycles. The molecule has 0 bridgehead atoms. The highest BCUT2D eigenvalue weighted by Gasteiger charge is 2.49. The fraction of sp³-hybridized carbons (Fsp3) is 0.146. The average Bonchev–Trinajstić information content (AvgIpc) is 1.51. The maximum absolute atomic E-state index is 5.92. The molecule has 5 aliphatic rings. The number of benzene rings is 14. The van der Waals surface area contributed by atoms with E-state index in [2.05, 4.69) is 368 Å². The molecule has 108 heavy (non-hydrogen) atoms. The van der Waals surface area contributed by atoms with Gasteiger partial charge in [-0.25, -0.2) is 4.98 Å². The van der Waals surface area contributed by atoms with E-state index in [9.17, 15) is 0 Å². The normalized spacial score (nSPS) is 15.7. The van der Waals surface area contributed by atoms with Gasteiger partial charge in [-0.3, -0.25) is 9.13 Å². The summed E-state index contributed by atoms with van der Waals surface area (Å²) in [5.41, 5.74) is 40.5. The molecule has 14 aromatic carbocycles. The number of aromatic nitrogens is 5. The predicted octanol–water partition coefficient (Wildman–Crippen LogP) is 26.3. The van der Waals surface area contributed by atoms with Gasteiger partial charge in [0.05, 0.1) is 38.8 Å². The molecule has 0 spiro atoms. The highest BCUT2D eigenvalue weighted by Crippen LogP contribution is 2.63. The van der Waals surface area contributed by atoms with Gasteiger partial charge in [-0.15, -0.1) is 0 Å². The zero-order chi connectivity index (χ0) is 72.6. The van der Waals surface area contributed by atoms with Crippen LogP contribution in [0, 0.1) is 0 Å². The molecular weight excluding hydrogens is 1310 g/mol. The zero-order valence-corrected chi connectivity index (χ0v) is 62.4. The van der Waals surface area contributed by atoms with Crippen molar-refractivity contribution in [2.24, 2.45) is 0 Å². The molecule has 0 radical (unpaired) electrons. The molecule has 23 rings (SSSR count). The molecule has 5 aliphatic carbocycles. The smallest absolute Gasteiger partial charge is 0.237 e. The van der Waals surface area contributed by atoms with Crippen molar-refractivity contribution in [3.8, 4) is 107 Å². The molecule has 0 amide bonds. The second-order valence-corrected chi connectivity index (χ2v) is 34.1. The zero-order valence-electron chi connectivity index (χ0n) is 62.4. The Labute approximate surface area is 628 Å². The number of fused-ring (bicyclic) bond motifs is 18. The van der Waals surface area contributed by atoms with Gasteiger partial charge in [0.25, 0.3) is 0 Å². The molecule has 0 atom stereocenters. The second kappa shape index (κ2) is 21.0. The number of nitrogens with zero attached hydrogens (tertiary/aromatic N) is 5. The largest absolute Gasteiger partial charge is 0.309 e. The molecular formula is C103H77N5. The summed E-state index contributed by atoms with van der Waals surface area (Å²) in [6, 6.07) is 108. The molecule has 18 aromatic rings. The van der Waals surface area contributed by atoms with Crippen LogP contribution in [0.1, 0.15) is 125 Å². The van der Waals surface area contributed by atoms with Crippen LogP contribution < -0.4 is 0 Å². The molecule has 0 fully saturated rings. The lowest BCUT2D eigenvalue weighted by atomic mass is 9.74.